The van der Waals surface area contributed by atoms with Gasteiger partial charge in [0.2, 0.25) is 0 Å². The molecule has 35 heavy (non-hydrogen) atoms. The first-order valence-corrected chi connectivity index (χ1v) is 12.5. The Bertz CT molecular complexity index is 1230. The van der Waals surface area contributed by atoms with Crippen LogP contribution in [0.15, 0.2) is 42.6 Å². The Morgan fingerprint density at radius 1 is 1.11 bits per heavy atom. The first-order chi connectivity index (χ1) is 16.7. The number of aryl methyl sites for hydroxylation is 4. The normalized spacial score (nSPS) is 17.5. The van der Waals surface area contributed by atoms with Crippen LogP contribution >= 0.6 is 12.2 Å². The number of nitrogens with zero attached hydrogens (tertiary/aromatic N) is 3. The van der Waals surface area contributed by atoms with Crippen LogP contribution in [0.4, 0.5) is 0 Å². The van der Waals surface area contributed by atoms with Crippen molar-refractivity contribution in [1.29, 1.82) is 0 Å². The number of benzene rings is 1. The first kappa shape index (κ1) is 24.9. The minimum absolute atomic E-state index is 0.0407. The smallest absolute Gasteiger partial charge is 0.305 e. The maximum atomic E-state index is 11.7. The van der Waals surface area contributed by atoms with Crippen molar-refractivity contribution in [3.05, 3.63) is 81.9 Å². The molecule has 0 saturated carbocycles. The highest BCUT2D eigenvalue weighted by atomic mass is 32.1. The number of ether oxygens (including phenoxy) is 1. The summed E-state index contributed by atoms with van der Waals surface area (Å²) in [4.78, 5) is 18.6. The first-order valence-electron chi connectivity index (χ1n) is 12.0. The molecule has 0 radical (unpaired) electrons. The SMILES string of the molecule is COC(=O)CCCN1C(=S)N[C@H](c2ccccn2)[C@H]1c1cc(C)n(-c2c(C)cc(C)cc2C)c1C. The number of pyridine rings is 1. The summed E-state index contributed by atoms with van der Waals surface area (Å²) in [6.45, 7) is 11.5. The Balaban J connectivity index is 1.80. The summed E-state index contributed by atoms with van der Waals surface area (Å²) in [6.07, 6.45) is 2.84. The molecule has 0 spiro atoms. The number of methoxy groups -OCH3 is 1. The molecule has 0 unspecified atom stereocenters. The van der Waals surface area contributed by atoms with Crippen molar-refractivity contribution in [1.82, 2.24) is 19.8 Å². The number of thiocarbonyl (C=S) groups is 1. The molecule has 3 heterocycles. The molecule has 0 aliphatic carbocycles. The average Bonchev–Trinajstić information content (AvgIpc) is 3.29. The zero-order chi connectivity index (χ0) is 25.3. The summed E-state index contributed by atoms with van der Waals surface area (Å²) in [7, 11) is 1.42. The summed E-state index contributed by atoms with van der Waals surface area (Å²) < 4.78 is 7.21. The van der Waals surface area contributed by atoms with E-state index >= 15 is 0 Å². The fourth-order valence-corrected chi connectivity index (χ4v) is 5.77. The Labute approximate surface area is 213 Å². The van der Waals surface area contributed by atoms with E-state index in [2.05, 4.69) is 72.6 Å². The zero-order valence-corrected chi connectivity index (χ0v) is 22.2. The van der Waals surface area contributed by atoms with Crippen molar-refractivity contribution in [2.24, 2.45) is 0 Å². The number of hydrogen-bond acceptors (Lipinski definition) is 4. The Morgan fingerprint density at radius 3 is 2.46 bits per heavy atom. The van der Waals surface area contributed by atoms with Crippen LogP contribution in [0.1, 0.15) is 64.3 Å². The van der Waals surface area contributed by atoms with Crippen molar-refractivity contribution in [2.45, 2.75) is 59.5 Å². The highest BCUT2D eigenvalue weighted by Crippen LogP contribution is 2.42. The molecule has 7 heteroatoms. The van der Waals surface area contributed by atoms with Gasteiger partial charge in [-0.1, -0.05) is 23.8 Å². The number of carbonyl (C=O) groups excluding carboxylic acids is 1. The Kier molecular flexibility index (Phi) is 7.26. The highest BCUT2D eigenvalue weighted by molar-refractivity contribution is 7.80. The third-order valence-electron chi connectivity index (χ3n) is 6.85. The number of esters is 1. The number of carbonyl (C=O) groups is 1. The van der Waals surface area contributed by atoms with Gasteiger partial charge in [0.25, 0.3) is 0 Å². The second kappa shape index (κ2) is 10.2. The molecule has 1 aliphatic rings. The average molecular weight is 491 g/mol. The van der Waals surface area contributed by atoms with Gasteiger partial charge in [-0.05, 0) is 88.1 Å². The molecular weight excluding hydrogens is 456 g/mol. The molecule has 0 bridgehead atoms. The van der Waals surface area contributed by atoms with Crippen LogP contribution in [-0.4, -0.2) is 39.2 Å². The predicted molar refractivity (Wildman–Crippen MR) is 143 cm³/mol. The van der Waals surface area contributed by atoms with Crippen LogP contribution in [0.3, 0.4) is 0 Å². The molecule has 0 amide bonds. The molecule has 1 saturated heterocycles. The number of hydrogen-bond donors (Lipinski definition) is 1. The van der Waals surface area contributed by atoms with Gasteiger partial charge in [0.1, 0.15) is 0 Å². The number of rotatable bonds is 7. The van der Waals surface area contributed by atoms with Gasteiger partial charge in [0.05, 0.1) is 30.6 Å². The molecule has 1 N–H and O–H groups in total. The number of nitrogens with one attached hydrogen (secondary N) is 1. The summed E-state index contributed by atoms with van der Waals surface area (Å²) in [5.74, 6) is -0.204. The Morgan fingerprint density at radius 2 is 1.83 bits per heavy atom. The van der Waals surface area contributed by atoms with E-state index in [0.717, 1.165) is 5.69 Å². The lowest BCUT2D eigenvalue weighted by Gasteiger charge is -2.28. The fraction of sp³-hybridized carbons (Fsp3) is 0.393. The van der Waals surface area contributed by atoms with E-state index in [1.807, 2.05) is 24.4 Å². The van der Waals surface area contributed by atoms with Crippen molar-refractivity contribution >= 4 is 23.3 Å². The van der Waals surface area contributed by atoms with Crippen molar-refractivity contribution < 1.29 is 9.53 Å². The van der Waals surface area contributed by atoms with E-state index in [1.54, 1.807) is 0 Å². The lowest BCUT2D eigenvalue weighted by Crippen LogP contribution is -2.31. The largest absolute Gasteiger partial charge is 0.469 e. The highest BCUT2D eigenvalue weighted by Gasteiger charge is 2.41. The summed E-state index contributed by atoms with van der Waals surface area (Å²) in [5.41, 5.74) is 9.54. The van der Waals surface area contributed by atoms with Crippen molar-refractivity contribution in [3.63, 3.8) is 0 Å². The van der Waals surface area contributed by atoms with E-state index < -0.39 is 0 Å². The topological polar surface area (TPSA) is 59.4 Å². The molecule has 184 valence electrons. The number of aromatic nitrogens is 2. The van der Waals surface area contributed by atoms with Gasteiger partial charge in [-0.2, -0.15) is 0 Å². The van der Waals surface area contributed by atoms with Crippen LogP contribution in [0.25, 0.3) is 5.69 Å². The second-order valence-electron chi connectivity index (χ2n) is 9.41. The van der Waals surface area contributed by atoms with Crippen molar-refractivity contribution in [3.8, 4) is 5.69 Å². The standard InChI is InChI=1S/C28H34N4O2S/c1-17-14-18(2)26(19(3)15-17)32-20(4)16-22(21(32)5)27-25(23-10-7-8-12-29-23)30-28(35)31(27)13-9-11-24(33)34-6/h7-8,10,12,14-16,25,27H,9,11,13H2,1-6H3,(H,30,35)/t25-,27-/m1/s1. The van der Waals surface area contributed by atoms with E-state index in [4.69, 9.17) is 17.0 Å². The molecule has 1 aliphatic heterocycles. The molecule has 3 aromatic rings. The van der Waals surface area contributed by atoms with Gasteiger partial charge in [-0.15, -0.1) is 0 Å². The molecule has 1 aromatic carbocycles. The van der Waals surface area contributed by atoms with E-state index in [-0.39, 0.29) is 18.1 Å². The maximum absolute atomic E-state index is 11.7. The molecule has 1 fully saturated rings. The Hall–Kier alpha value is -3.19. The van der Waals surface area contributed by atoms with E-state index in [1.165, 1.54) is 46.4 Å². The van der Waals surface area contributed by atoms with Gasteiger partial charge in [-0.3, -0.25) is 9.78 Å². The lowest BCUT2D eigenvalue weighted by molar-refractivity contribution is -0.140. The van der Waals surface area contributed by atoms with Gasteiger partial charge < -0.3 is 19.5 Å². The van der Waals surface area contributed by atoms with Gasteiger partial charge in [-0.25, -0.2) is 0 Å². The van der Waals surface area contributed by atoms with Gasteiger partial charge >= 0.3 is 5.97 Å². The monoisotopic (exact) mass is 490 g/mol. The molecule has 2 atom stereocenters. The summed E-state index contributed by atoms with van der Waals surface area (Å²) >= 11 is 5.80. The fourth-order valence-electron chi connectivity index (χ4n) is 5.44. The lowest BCUT2D eigenvalue weighted by atomic mass is 9.96. The van der Waals surface area contributed by atoms with Crippen LogP contribution in [0.5, 0.6) is 0 Å². The molecule has 4 rings (SSSR count). The third-order valence-corrected chi connectivity index (χ3v) is 7.21. The molecule has 2 aromatic heterocycles. The van der Waals surface area contributed by atoms with Gasteiger partial charge in [0, 0.05) is 30.6 Å². The van der Waals surface area contributed by atoms with E-state index in [9.17, 15) is 4.79 Å². The summed E-state index contributed by atoms with van der Waals surface area (Å²) in [5, 5.41) is 4.20. The minimum Gasteiger partial charge on any atom is -0.469 e. The maximum Gasteiger partial charge on any atom is 0.305 e. The van der Waals surface area contributed by atoms with Crippen molar-refractivity contribution in [2.75, 3.05) is 13.7 Å². The second-order valence-corrected chi connectivity index (χ2v) is 9.80. The van der Waals surface area contributed by atoms with Crippen LogP contribution in [-0.2, 0) is 9.53 Å². The summed E-state index contributed by atoms with van der Waals surface area (Å²) in [6, 6.07) is 12.6. The van der Waals surface area contributed by atoms with E-state index in [0.29, 0.717) is 24.5 Å². The van der Waals surface area contributed by atoms with Crippen LogP contribution < -0.4 is 5.32 Å². The predicted octanol–water partition coefficient (Wildman–Crippen LogP) is 5.34. The quantitative estimate of drug-likeness (QED) is 0.356. The third kappa shape index (κ3) is 4.82. The zero-order valence-electron chi connectivity index (χ0n) is 21.4. The van der Waals surface area contributed by atoms with Gasteiger partial charge in [0.15, 0.2) is 5.11 Å². The van der Waals surface area contributed by atoms with Crippen LogP contribution in [0.2, 0.25) is 0 Å². The molecular formula is C28H34N4O2S. The molecule has 6 nitrogen and oxygen atoms in total. The van der Waals surface area contributed by atoms with Crippen LogP contribution in [0, 0.1) is 34.6 Å². The minimum atomic E-state index is -0.204.